The van der Waals surface area contributed by atoms with Crippen molar-refractivity contribution >= 4 is 35.0 Å². The van der Waals surface area contributed by atoms with Gasteiger partial charge in [0.25, 0.3) is 0 Å². The topological polar surface area (TPSA) is 72.3 Å². The Labute approximate surface area is 171 Å². The van der Waals surface area contributed by atoms with E-state index in [0.29, 0.717) is 31.5 Å². The number of rotatable bonds is 8. The number of benzene rings is 1. The minimum atomic E-state index is -0.575. The van der Waals surface area contributed by atoms with Gasteiger partial charge < -0.3 is 14.6 Å². The van der Waals surface area contributed by atoms with Gasteiger partial charge in [0.1, 0.15) is 11.6 Å². The molecule has 150 valence electrons. The minimum absolute atomic E-state index is 0.0783. The molecular weight excluding hydrogens is 405 g/mol. The van der Waals surface area contributed by atoms with E-state index in [0.717, 1.165) is 25.0 Å². The molecule has 1 fully saturated rings. The lowest BCUT2D eigenvalue weighted by Crippen LogP contribution is -2.36. The van der Waals surface area contributed by atoms with E-state index < -0.39 is 5.82 Å². The van der Waals surface area contributed by atoms with Crippen LogP contribution in [0.25, 0.3) is 0 Å². The number of allylic oxidation sites excluding steroid dienone is 1. The van der Waals surface area contributed by atoms with Gasteiger partial charge in [-0.2, -0.15) is 0 Å². The molecule has 0 spiro atoms. The van der Waals surface area contributed by atoms with Crippen molar-refractivity contribution in [2.45, 2.75) is 18.2 Å². The molecule has 7 nitrogen and oxygen atoms in total. The van der Waals surface area contributed by atoms with Crippen LogP contribution in [0.3, 0.4) is 0 Å². The first-order valence-corrected chi connectivity index (χ1v) is 10.1. The predicted molar refractivity (Wildman–Crippen MR) is 107 cm³/mol. The summed E-state index contributed by atoms with van der Waals surface area (Å²) in [5.74, 6) is -0.0226. The van der Waals surface area contributed by atoms with E-state index in [1.165, 1.54) is 23.9 Å². The number of hydrogen-bond donors (Lipinski definition) is 1. The molecule has 0 unspecified atom stereocenters. The zero-order valence-corrected chi connectivity index (χ0v) is 16.8. The first-order chi connectivity index (χ1) is 13.6. The van der Waals surface area contributed by atoms with E-state index in [1.54, 1.807) is 6.08 Å². The highest BCUT2D eigenvalue weighted by atomic mass is 35.5. The average molecular weight is 426 g/mol. The van der Waals surface area contributed by atoms with Crippen molar-refractivity contribution in [1.82, 2.24) is 19.7 Å². The maximum absolute atomic E-state index is 13.8. The number of hydrogen-bond acceptors (Lipinski definition) is 6. The van der Waals surface area contributed by atoms with Crippen LogP contribution >= 0.6 is 23.4 Å². The van der Waals surface area contributed by atoms with Crippen LogP contribution in [0.5, 0.6) is 0 Å². The predicted octanol–water partition coefficient (Wildman–Crippen LogP) is 2.82. The fourth-order valence-corrected chi connectivity index (χ4v) is 3.65. The fourth-order valence-electron chi connectivity index (χ4n) is 2.72. The quantitative estimate of drug-likeness (QED) is 0.518. The molecule has 2 heterocycles. The number of nitrogens with one attached hydrogen (secondary N) is 1. The monoisotopic (exact) mass is 425 g/mol. The van der Waals surface area contributed by atoms with E-state index in [4.69, 9.17) is 16.3 Å². The van der Waals surface area contributed by atoms with Crippen molar-refractivity contribution in [2.75, 3.05) is 37.4 Å². The molecule has 28 heavy (non-hydrogen) atoms. The van der Waals surface area contributed by atoms with Gasteiger partial charge in [-0.1, -0.05) is 29.4 Å². The molecule has 2 aromatic rings. The molecule has 0 radical (unpaired) electrons. The Morgan fingerprint density at radius 3 is 2.89 bits per heavy atom. The second-order valence-electron chi connectivity index (χ2n) is 6.15. The van der Waals surface area contributed by atoms with Gasteiger partial charge in [0.2, 0.25) is 5.91 Å². The van der Waals surface area contributed by atoms with E-state index in [-0.39, 0.29) is 22.4 Å². The van der Waals surface area contributed by atoms with Gasteiger partial charge in [-0.3, -0.25) is 9.69 Å². The number of ether oxygens (including phenoxy) is 1. The van der Waals surface area contributed by atoms with Gasteiger partial charge in [0.05, 0.1) is 31.2 Å². The second kappa shape index (κ2) is 10.0. The Morgan fingerprint density at radius 2 is 2.18 bits per heavy atom. The highest BCUT2D eigenvalue weighted by Gasteiger charge is 2.18. The van der Waals surface area contributed by atoms with Crippen LogP contribution in [0, 0.1) is 5.82 Å². The number of carbonyl (C=O) groups is 1. The summed E-state index contributed by atoms with van der Waals surface area (Å²) in [6.45, 7) is 8.09. The second-order valence-corrected chi connectivity index (χ2v) is 7.53. The normalized spacial score (nSPS) is 14.8. The molecule has 1 aromatic heterocycles. The summed E-state index contributed by atoms with van der Waals surface area (Å²) in [6.07, 6.45) is 1.76. The van der Waals surface area contributed by atoms with Gasteiger partial charge in [-0.25, -0.2) is 4.39 Å². The largest absolute Gasteiger partial charge is 0.379 e. The van der Waals surface area contributed by atoms with Gasteiger partial charge in [-0.05, 0) is 18.2 Å². The molecule has 1 aromatic carbocycles. The molecule has 0 aliphatic carbocycles. The third-order valence-electron chi connectivity index (χ3n) is 4.11. The zero-order valence-electron chi connectivity index (χ0n) is 15.2. The Kier molecular flexibility index (Phi) is 7.43. The van der Waals surface area contributed by atoms with E-state index >= 15 is 0 Å². The maximum Gasteiger partial charge on any atom is 0.234 e. The molecule has 3 rings (SSSR count). The van der Waals surface area contributed by atoms with Crippen LogP contribution in [-0.4, -0.2) is 57.6 Å². The number of halogens is 2. The number of aromatic nitrogens is 3. The van der Waals surface area contributed by atoms with Crippen LogP contribution < -0.4 is 5.32 Å². The first-order valence-electron chi connectivity index (χ1n) is 8.77. The van der Waals surface area contributed by atoms with Gasteiger partial charge in [0.15, 0.2) is 5.16 Å². The first kappa shape index (κ1) is 20.8. The number of nitrogens with zero attached hydrogens (tertiary/aromatic N) is 4. The number of anilines is 1. The standard InChI is InChI=1S/C18H21ClFN5O2S/c1-2-5-25-16(11-24-6-8-27-9-7-24)22-23-18(25)28-12-17(26)21-15-4-3-13(19)10-14(15)20/h2-4,10H,1,5-9,11-12H2,(H,21,26). The molecule has 0 saturated carbocycles. The summed E-state index contributed by atoms with van der Waals surface area (Å²) in [4.78, 5) is 14.4. The SMILES string of the molecule is C=CCn1c(CN2CCOCC2)nnc1SCC(=O)Nc1ccc(Cl)cc1F. The number of amides is 1. The smallest absolute Gasteiger partial charge is 0.234 e. The number of thioether (sulfide) groups is 1. The molecule has 0 atom stereocenters. The van der Waals surface area contributed by atoms with Crippen molar-refractivity contribution in [2.24, 2.45) is 0 Å². The fraction of sp³-hybridized carbons (Fsp3) is 0.389. The van der Waals surface area contributed by atoms with E-state index in [2.05, 4.69) is 27.0 Å². The summed E-state index contributed by atoms with van der Waals surface area (Å²) < 4.78 is 21.1. The zero-order chi connectivity index (χ0) is 19.9. The van der Waals surface area contributed by atoms with Crippen molar-refractivity contribution in [3.63, 3.8) is 0 Å². The van der Waals surface area contributed by atoms with E-state index in [1.807, 2.05) is 4.57 Å². The van der Waals surface area contributed by atoms with Crippen LogP contribution in [0.4, 0.5) is 10.1 Å². The lowest BCUT2D eigenvalue weighted by Gasteiger charge is -2.26. The molecular formula is C18H21ClFN5O2S. The third kappa shape index (κ3) is 5.54. The van der Waals surface area contributed by atoms with Crippen molar-refractivity contribution in [3.05, 3.63) is 47.5 Å². The van der Waals surface area contributed by atoms with Crippen molar-refractivity contribution in [1.29, 1.82) is 0 Å². The van der Waals surface area contributed by atoms with Gasteiger partial charge >= 0.3 is 0 Å². The Bertz CT molecular complexity index is 841. The lowest BCUT2D eigenvalue weighted by atomic mass is 10.3. The maximum atomic E-state index is 13.8. The van der Waals surface area contributed by atoms with E-state index in [9.17, 15) is 9.18 Å². The third-order valence-corrected chi connectivity index (χ3v) is 5.31. The van der Waals surface area contributed by atoms with Gasteiger partial charge in [-0.15, -0.1) is 16.8 Å². The Balaban J connectivity index is 1.61. The molecule has 1 aliphatic heterocycles. The molecule has 10 heteroatoms. The molecule has 1 saturated heterocycles. The molecule has 0 bridgehead atoms. The number of carbonyl (C=O) groups excluding carboxylic acids is 1. The number of morpholine rings is 1. The molecule has 1 aliphatic rings. The van der Waals surface area contributed by atoms with Crippen molar-refractivity contribution in [3.8, 4) is 0 Å². The highest BCUT2D eigenvalue weighted by molar-refractivity contribution is 7.99. The summed E-state index contributed by atoms with van der Waals surface area (Å²) >= 11 is 6.96. The van der Waals surface area contributed by atoms with Gasteiger partial charge in [0, 0.05) is 24.7 Å². The summed E-state index contributed by atoms with van der Waals surface area (Å²) in [7, 11) is 0. The lowest BCUT2D eigenvalue weighted by molar-refractivity contribution is -0.113. The Morgan fingerprint density at radius 1 is 1.39 bits per heavy atom. The van der Waals surface area contributed by atoms with Crippen LogP contribution in [0.15, 0.2) is 36.0 Å². The summed E-state index contributed by atoms with van der Waals surface area (Å²) in [5, 5.41) is 11.9. The van der Waals surface area contributed by atoms with Crippen LogP contribution in [-0.2, 0) is 22.6 Å². The van der Waals surface area contributed by atoms with Crippen molar-refractivity contribution < 1.29 is 13.9 Å². The highest BCUT2D eigenvalue weighted by Crippen LogP contribution is 2.21. The summed E-state index contributed by atoms with van der Waals surface area (Å²) in [5.41, 5.74) is 0.0931. The molecule has 1 N–H and O–H groups in total. The Hall–Kier alpha value is -1.94. The van der Waals surface area contributed by atoms with Crippen LogP contribution in [0.1, 0.15) is 5.82 Å². The summed E-state index contributed by atoms with van der Waals surface area (Å²) in [6, 6.07) is 4.11. The molecule has 1 amide bonds. The average Bonchev–Trinajstić information content (AvgIpc) is 3.05. The van der Waals surface area contributed by atoms with Crippen LogP contribution in [0.2, 0.25) is 5.02 Å². The minimum Gasteiger partial charge on any atom is -0.379 e.